The molecule has 4 rings (SSSR count). The minimum absolute atomic E-state index is 0.0324. The molecule has 0 saturated carbocycles. The zero-order valence-corrected chi connectivity index (χ0v) is 16.0. The van der Waals surface area contributed by atoms with Gasteiger partial charge >= 0.3 is 0 Å². The van der Waals surface area contributed by atoms with E-state index in [4.69, 9.17) is 10.7 Å². The Morgan fingerprint density at radius 2 is 1.50 bits per heavy atom. The summed E-state index contributed by atoms with van der Waals surface area (Å²) in [5.41, 5.74) is 10.4. The van der Waals surface area contributed by atoms with Crippen molar-refractivity contribution in [1.82, 2.24) is 4.98 Å². The Morgan fingerprint density at radius 3 is 2.27 bits per heavy atom. The Bertz CT molecular complexity index is 1170. The number of aromatic nitrogens is 1. The van der Waals surface area contributed by atoms with E-state index in [1.165, 1.54) is 0 Å². The summed E-state index contributed by atoms with van der Waals surface area (Å²) in [4.78, 5) is 18.0. The third-order valence-corrected chi connectivity index (χ3v) is 5.03. The molecule has 0 spiro atoms. The highest BCUT2D eigenvalue weighted by Crippen LogP contribution is 2.28. The fourth-order valence-electron chi connectivity index (χ4n) is 2.98. The lowest BCUT2D eigenvalue weighted by atomic mass is 10.0. The van der Waals surface area contributed by atoms with Crippen LogP contribution in [0.15, 0.2) is 83.7 Å². The zero-order chi connectivity index (χ0) is 18.1. The van der Waals surface area contributed by atoms with Crippen LogP contribution in [0.3, 0.4) is 0 Å². The van der Waals surface area contributed by atoms with Crippen molar-refractivity contribution in [1.29, 1.82) is 0 Å². The molecule has 1 aromatic heterocycles. The molecule has 0 fully saturated rings. The summed E-state index contributed by atoms with van der Waals surface area (Å²) < 4.78 is 1.12. The molecule has 3 nitrogen and oxygen atoms in total. The zero-order valence-electron chi connectivity index (χ0n) is 13.8. The molecule has 0 amide bonds. The number of fused-ring (bicyclic) bond motifs is 1. The van der Waals surface area contributed by atoms with Gasteiger partial charge in [0.05, 0.1) is 11.2 Å². The second kappa shape index (κ2) is 6.88. The van der Waals surface area contributed by atoms with Crippen LogP contribution in [0.1, 0.15) is 0 Å². The maximum atomic E-state index is 13.2. The van der Waals surface area contributed by atoms with E-state index in [9.17, 15) is 4.79 Å². The van der Waals surface area contributed by atoms with Crippen molar-refractivity contribution in [2.45, 2.75) is 0 Å². The van der Waals surface area contributed by atoms with Gasteiger partial charge in [0.25, 0.3) is 0 Å². The Morgan fingerprint density at radius 1 is 0.808 bits per heavy atom. The Balaban J connectivity index is 2.11. The highest BCUT2D eigenvalue weighted by molar-refractivity contribution is 14.1. The van der Waals surface area contributed by atoms with Crippen LogP contribution in [0.5, 0.6) is 0 Å². The van der Waals surface area contributed by atoms with Gasteiger partial charge in [0.2, 0.25) is 0 Å². The van der Waals surface area contributed by atoms with Crippen molar-refractivity contribution >= 4 is 39.2 Å². The molecule has 1 heterocycles. The average Bonchev–Trinajstić information content (AvgIpc) is 2.80. The second-order valence-electron chi connectivity index (χ2n) is 6.00. The van der Waals surface area contributed by atoms with Gasteiger partial charge in [-0.2, -0.15) is 0 Å². The summed E-state index contributed by atoms with van der Waals surface area (Å²) in [5.74, 6) is 0. The maximum absolute atomic E-state index is 13.2. The molecular weight excluding hydrogens is 435 g/mol. The molecule has 0 aliphatic rings. The normalized spacial score (nSPS) is 10.8. The van der Waals surface area contributed by atoms with Crippen molar-refractivity contribution in [2.24, 2.45) is 0 Å². The molecule has 0 aliphatic heterocycles. The van der Waals surface area contributed by atoms with Crippen molar-refractivity contribution in [3.63, 3.8) is 0 Å². The topological polar surface area (TPSA) is 56.0 Å². The number of nitrogens with zero attached hydrogens (tertiary/aromatic N) is 1. The van der Waals surface area contributed by atoms with E-state index in [0.717, 1.165) is 14.7 Å². The van der Waals surface area contributed by atoms with Gasteiger partial charge in [0, 0.05) is 25.8 Å². The molecule has 0 radical (unpaired) electrons. The highest BCUT2D eigenvalue weighted by Gasteiger charge is 2.11. The van der Waals surface area contributed by atoms with Crippen LogP contribution in [0.4, 0.5) is 5.69 Å². The molecule has 0 aliphatic carbocycles. The smallest absolute Gasteiger partial charge is 0.195 e. The fourth-order valence-corrected chi connectivity index (χ4v) is 3.34. The number of anilines is 1. The molecule has 0 atom stereocenters. The number of rotatable bonds is 2. The standard InChI is InChI=1S/C22H15IN2O/c23-15-11-9-14(10-12-15)18-13-21(16-5-1-3-7-19(16)24)25-20-8-4-2-6-17(20)22(18)26/h1-13H,24H2. The van der Waals surface area contributed by atoms with E-state index in [2.05, 4.69) is 22.6 Å². The van der Waals surface area contributed by atoms with Crippen LogP contribution in [0.2, 0.25) is 0 Å². The summed E-state index contributed by atoms with van der Waals surface area (Å²) in [6, 6.07) is 24.8. The molecule has 4 aromatic rings. The molecule has 26 heavy (non-hydrogen) atoms. The summed E-state index contributed by atoms with van der Waals surface area (Å²) in [5, 5.41) is 0.599. The van der Waals surface area contributed by atoms with Crippen LogP contribution in [-0.2, 0) is 0 Å². The number of nitrogens with two attached hydrogens (primary N) is 1. The Hall–Kier alpha value is -2.73. The lowest BCUT2D eigenvalue weighted by Crippen LogP contribution is -2.01. The van der Waals surface area contributed by atoms with Crippen LogP contribution in [0.25, 0.3) is 33.3 Å². The van der Waals surface area contributed by atoms with E-state index >= 15 is 0 Å². The van der Waals surface area contributed by atoms with E-state index in [0.29, 0.717) is 27.8 Å². The lowest BCUT2D eigenvalue weighted by Gasteiger charge is -2.04. The van der Waals surface area contributed by atoms with Gasteiger partial charge in [-0.25, -0.2) is 4.98 Å². The monoisotopic (exact) mass is 450 g/mol. The molecule has 126 valence electrons. The number of hydrogen-bond acceptors (Lipinski definition) is 3. The maximum Gasteiger partial charge on any atom is 0.195 e. The van der Waals surface area contributed by atoms with Gasteiger partial charge in [-0.05, 0) is 64.6 Å². The van der Waals surface area contributed by atoms with E-state index in [1.54, 1.807) is 0 Å². The first-order chi connectivity index (χ1) is 12.6. The van der Waals surface area contributed by atoms with E-state index in [1.807, 2.05) is 78.9 Å². The number of benzene rings is 3. The third-order valence-electron chi connectivity index (χ3n) is 4.31. The molecule has 4 heteroatoms. The lowest BCUT2D eigenvalue weighted by molar-refractivity contribution is 1.42. The molecule has 0 saturated heterocycles. The minimum Gasteiger partial charge on any atom is -0.398 e. The fraction of sp³-hybridized carbons (Fsp3) is 0. The number of para-hydroxylation sites is 2. The first kappa shape index (κ1) is 16.7. The summed E-state index contributed by atoms with van der Waals surface area (Å²) in [6.07, 6.45) is 0. The molecule has 2 N–H and O–H groups in total. The van der Waals surface area contributed by atoms with Crippen molar-refractivity contribution in [2.75, 3.05) is 5.73 Å². The first-order valence-corrected chi connectivity index (χ1v) is 9.26. The van der Waals surface area contributed by atoms with Crippen molar-refractivity contribution in [3.8, 4) is 22.4 Å². The van der Waals surface area contributed by atoms with Crippen LogP contribution >= 0.6 is 22.6 Å². The minimum atomic E-state index is -0.0324. The van der Waals surface area contributed by atoms with Crippen molar-refractivity contribution < 1.29 is 0 Å². The van der Waals surface area contributed by atoms with Crippen molar-refractivity contribution in [3.05, 3.63) is 92.7 Å². The van der Waals surface area contributed by atoms with Gasteiger partial charge in [0.1, 0.15) is 0 Å². The van der Waals surface area contributed by atoms with Gasteiger partial charge in [-0.1, -0.05) is 42.5 Å². The van der Waals surface area contributed by atoms with Gasteiger partial charge in [-0.3, -0.25) is 4.79 Å². The molecular formula is C22H15IN2O. The third kappa shape index (κ3) is 3.08. The van der Waals surface area contributed by atoms with Crippen LogP contribution in [0, 0.1) is 3.57 Å². The number of nitrogen functional groups attached to an aromatic ring is 1. The predicted octanol–water partition coefficient (Wildman–Crippen LogP) is 5.12. The Kier molecular flexibility index (Phi) is 4.42. The van der Waals surface area contributed by atoms with Gasteiger partial charge in [-0.15, -0.1) is 0 Å². The van der Waals surface area contributed by atoms with Gasteiger partial charge in [0.15, 0.2) is 5.43 Å². The van der Waals surface area contributed by atoms with E-state index in [-0.39, 0.29) is 5.43 Å². The first-order valence-electron chi connectivity index (χ1n) is 8.18. The number of halogens is 1. The molecule has 0 unspecified atom stereocenters. The second-order valence-corrected chi connectivity index (χ2v) is 7.24. The quantitative estimate of drug-likeness (QED) is 0.341. The summed E-state index contributed by atoms with van der Waals surface area (Å²) in [7, 11) is 0. The molecule has 0 bridgehead atoms. The van der Waals surface area contributed by atoms with E-state index < -0.39 is 0 Å². The number of hydrogen-bond donors (Lipinski definition) is 1. The predicted molar refractivity (Wildman–Crippen MR) is 116 cm³/mol. The summed E-state index contributed by atoms with van der Waals surface area (Å²) >= 11 is 2.25. The van der Waals surface area contributed by atoms with Crippen LogP contribution in [-0.4, -0.2) is 4.98 Å². The Labute approximate surface area is 164 Å². The highest BCUT2D eigenvalue weighted by atomic mass is 127. The van der Waals surface area contributed by atoms with Gasteiger partial charge < -0.3 is 5.73 Å². The average molecular weight is 450 g/mol. The molecule has 3 aromatic carbocycles. The van der Waals surface area contributed by atoms with Crippen LogP contribution < -0.4 is 11.2 Å². The SMILES string of the molecule is Nc1ccccc1-c1cc(-c2ccc(I)cc2)c(=O)c2ccccc2n1. The largest absolute Gasteiger partial charge is 0.398 e. The summed E-state index contributed by atoms with van der Waals surface area (Å²) in [6.45, 7) is 0.